The third kappa shape index (κ3) is 5.69. The van der Waals surface area contributed by atoms with E-state index in [1.165, 1.54) is 11.0 Å². The Morgan fingerprint density at radius 3 is 2.79 bits per heavy atom. The highest BCUT2D eigenvalue weighted by atomic mass is 16.3. The largest absolute Gasteiger partial charge is 0.388 e. The van der Waals surface area contributed by atoms with Gasteiger partial charge >= 0.3 is 6.03 Å². The Kier molecular flexibility index (Phi) is 5.29. The van der Waals surface area contributed by atoms with Crippen molar-refractivity contribution in [3.8, 4) is 0 Å². The van der Waals surface area contributed by atoms with Crippen molar-refractivity contribution in [3.63, 3.8) is 0 Å². The number of urea groups is 1. The summed E-state index contributed by atoms with van der Waals surface area (Å²) in [5.41, 5.74) is -0.901. The molecule has 7 heteroatoms. The first-order chi connectivity index (χ1) is 8.80. The van der Waals surface area contributed by atoms with E-state index in [4.69, 9.17) is 0 Å². The minimum atomic E-state index is -0.901. The zero-order valence-electron chi connectivity index (χ0n) is 12.0. The van der Waals surface area contributed by atoms with Crippen LogP contribution in [0.3, 0.4) is 0 Å². The summed E-state index contributed by atoms with van der Waals surface area (Å²) in [5.74, 6) is 0.887. The van der Waals surface area contributed by atoms with E-state index < -0.39 is 11.6 Å². The maximum Gasteiger partial charge on any atom is 0.321 e. The predicted octanol–water partition coefficient (Wildman–Crippen LogP) is 1.12. The van der Waals surface area contributed by atoms with Crippen molar-refractivity contribution in [3.05, 3.63) is 6.33 Å². The third-order valence-corrected chi connectivity index (χ3v) is 2.83. The topological polar surface area (TPSA) is 92.1 Å². The molecule has 108 valence electrons. The van der Waals surface area contributed by atoms with Crippen LogP contribution >= 0.6 is 0 Å². The van der Waals surface area contributed by atoms with Crippen molar-refractivity contribution in [1.82, 2.24) is 20.1 Å². The Hall–Kier alpha value is -1.63. The van der Waals surface area contributed by atoms with Gasteiger partial charge in [0.05, 0.1) is 5.60 Å². The number of carbonyl (C=O) groups excluding carboxylic acids is 1. The van der Waals surface area contributed by atoms with Crippen LogP contribution in [0.25, 0.3) is 0 Å². The minimum absolute atomic E-state index is 0.198. The second-order valence-electron chi connectivity index (χ2n) is 5.44. The number of carbonyl (C=O) groups is 1. The summed E-state index contributed by atoms with van der Waals surface area (Å²) in [4.78, 5) is 15.5. The van der Waals surface area contributed by atoms with Crippen LogP contribution in [-0.4, -0.2) is 38.0 Å². The first kappa shape index (κ1) is 15.4. The molecule has 1 unspecified atom stereocenters. The van der Waals surface area contributed by atoms with E-state index >= 15 is 0 Å². The second-order valence-corrected chi connectivity index (χ2v) is 5.44. The van der Waals surface area contributed by atoms with Crippen LogP contribution in [0.5, 0.6) is 0 Å². The fourth-order valence-electron chi connectivity index (χ4n) is 1.51. The van der Waals surface area contributed by atoms with Gasteiger partial charge in [0.15, 0.2) is 0 Å². The molecule has 2 amide bonds. The van der Waals surface area contributed by atoms with E-state index in [9.17, 15) is 9.90 Å². The molecule has 1 aromatic heterocycles. The van der Waals surface area contributed by atoms with Crippen LogP contribution in [0.15, 0.2) is 6.33 Å². The number of hydrogen-bond donors (Lipinski definition) is 3. The number of aryl methyl sites for hydroxylation is 1. The summed E-state index contributed by atoms with van der Waals surface area (Å²) in [6.45, 7) is 6.12. The smallest absolute Gasteiger partial charge is 0.321 e. The molecule has 0 radical (unpaired) electrons. The molecule has 0 aliphatic heterocycles. The maximum atomic E-state index is 11.6. The van der Waals surface area contributed by atoms with E-state index in [2.05, 4.69) is 34.6 Å². The molecule has 1 atom stereocenters. The molecule has 0 aliphatic carbocycles. The van der Waals surface area contributed by atoms with Gasteiger partial charge in [-0.25, -0.2) is 9.48 Å². The number of nitrogens with one attached hydrogen (secondary N) is 2. The number of hydrogen-bond acceptors (Lipinski definition) is 4. The van der Waals surface area contributed by atoms with Gasteiger partial charge < -0.3 is 10.4 Å². The SMILES string of the molecule is CC(C)CCC(C)(O)CNC(=O)Nc1ncnn1C. The van der Waals surface area contributed by atoms with Gasteiger partial charge in [-0.1, -0.05) is 13.8 Å². The number of rotatable bonds is 6. The molecule has 0 saturated carbocycles. The molecule has 1 heterocycles. The number of aromatic nitrogens is 3. The van der Waals surface area contributed by atoms with Crippen LogP contribution < -0.4 is 10.6 Å². The van der Waals surface area contributed by atoms with Crippen LogP contribution in [-0.2, 0) is 7.05 Å². The Morgan fingerprint density at radius 2 is 2.26 bits per heavy atom. The van der Waals surface area contributed by atoms with Gasteiger partial charge in [0, 0.05) is 13.6 Å². The van der Waals surface area contributed by atoms with Gasteiger partial charge in [-0.3, -0.25) is 5.32 Å². The molecule has 1 rings (SSSR count). The molecule has 19 heavy (non-hydrogen) atoms. The van der Waals surface area contributed by atoms with E-state index in [1.54, 1.807) is 14.0 Å². The van der Waals surface area contributed by atoms with Gasteiger partial charge in [-0.05, 0) is 25.7 Å². The van der Waals surface area contributed by atoms with Crippen molar-refractivity contribution in [2.45, 2.75) is 39.2 Å². The molecule has 0 fully saturated rings. The fraction of sp³-hybridized carbons (Fsp3) is 0.750. The molecular formula is C12H23N5O2. The molecule has 0 aromatic carbocycles. The molecule has 0 saturated heterocycles. The van der Waals surface area contributed by atoms with Gasteiger partial charge in [0.2, 0.25) is 5.95 Å². The van der Waals surface area contributed by atoms with Crippen molar-refractivity contribution in [2.75, 3.05) is 11.9 Å². The lowest BCUT2D eigenvalue weighted by atomic mass is 9.95. The molecule has 0 aliphatic rings. The zero-order valence-corrected chi connectivity index (χ0v) is 12.0. The molecule has 1 aromatic rings. The van der Waals surface area contributed by atoms with Crippen molar-refractivity contribution >= 4 is 12.0 Å². The average Bonchev–Trinajstić information content (AvgIpc) is 2.70. The molecule has 0 bridgehead atoms. The summed E-state index contributed by atoms with van der Waals surface area (Å²) in [6, 6.07) is -0.402. The Balaban J connectivity index is 2.35. The van der Waals surface area contributed by atoms with Crippen molar-refractivity contribution in [2.24, 2.45) is 13.0 Å². The zero-order chi connectivity index (χ0) is 14.5. The highest BCUT2D eigenvalue weighted by Crippen LogP contribution is 2.15. The first-order valence-corrected chi connectivity index (χ1v) is 6.41. The normalized spacial score (nSPS) is 14.2. The van der Waals surface area contributed by atoms with E-state index in [-0.39, 0.29) is 6.54 Å². The first-order valence-electron chi connectivity index (χ1n) is 6.41. The Bertz CT molecular complexity index is 414. The van der Waals surface area contributed by atoms with Gasteiger partial charge in [0.1, 0.15) is 6.33 Å². The average molecular weight is 269 g/mol. The van der Waals surface area contributed by atoms with Crippen LogP contribution in [0.4, 0.5) is 10.7 Å². The third-order valence-electron chi connectivity index (χ3n) is 2.83. The lowest BCUT2D eigenvalue weighted by Gasteiger charge is -2.24. The van der Waals surface area contributed by atoms with E-state index in [0.717, 1.165) is 6.42 Å². The molecule has 3 N–H and O–H groups in total. The maximum absolute atomic E-state index is 11.6. The summed E-state index contributed by atoms with van der Waals surface area (Å²) < 4.78 is 1.45. The summed E-state index contributed by atoms with van der Waals surface area (Å²) in [5, 5.41) is 19.1. The number of nitrogens with zero attached hydrogens (tertiary/aromatic N) is 3. The van der Waals surface area contributed by atoms with Gasteiger partial charge in [0.25, 0.3) is 0 Å². The Morgan fingerprint density at radius 1 is 1.58 bits per heavy atom. The standard InChI is InChI=1S/C12H23N5O2/c1-9(2)5-6-12(3,19)7-13-11(18)16-10-14-8-15-17(10)4/h8-9,19H,5-7H2,1-4H3,(H2,13,14,15,16,18). The lowest BCUT2D eigenvalue weighted by molar-refractivity contribution is 0.0481. The fourth-order valence-corrected chi connectivity index (χ4v) is 1.51. The summed E-state index contributed by atoms with van der Waals surface area (Å²) in [6.07, 6.45) is 2.92. The minimum Gasteiger partial charge on any atom is -0.388 e. The number of aliphatic hydroxyl groups is 1. The van der Waals surface area contributed by atoms with E-state index in [1.807, 2.05) is 0 Å². The van der Waals surface area contributed by atoms with Crippen molar-refractivity contribution < 1.29 is 9.90 Å². The van der Waals surface area contributed by atoms with Crippen LogP contribution in [0.1, 0.15) is 33.6 Å². The van der Waals surface area contributed by atoms with Crippen LogP contribution in [0.2, 0.25) is 0 Å². The highest BCUT2D eigenvalue weighted by molar-refractivity contribution is 5.87. The predicted molar refractivity (Wildman–Crippen MR) is 72.7 cm³/mol. The number of anilines is 1. The molecule has 0 spiro atoms. The highest BCUT2D eigenvalue weighted by Gasteiger charge is 2.21. The number of amides is 2. The molecule has 7 nitrogen and oxygen atoms in total. The monoisotopic (exact) mass is 269 g/mol. The summed E-state index contributed by atoms with van der Waals surface area (Å²) >= 11 is 0. The second kappa shape index (κ2) is 6.51. The lowest BCUT2D eigenvalue weighted by Crippen LogP contribution is -2.42. The molecular weight excluding hydrogens is 246 g/mol. The Labute approximate surface area is 113 Å². The van der Waals surface area contributed by atoms with Gasteiger partial charge in [-0.2, -0.15) is 10.1 Å². The summed E-state index contributed by atoms with van der Waals surface area (Å²) in [7, 11) is 1.68. The van der Waals surface area contributed by atoms with E-state index in [0.29, 0.717) is 18.3 Å². The van der Waals surface area contributed by atoms with Gasteiger partial charge in [-0.15, -0.1) is 0 Å². The van der Waals surface area contributed by atoms with Crippen LogP contribution in [0, 0.1) is 5.92 Å². The van der Waals surface area contributed by atoms with Crippen molar-refractivity contribution in [1.29, 1.82) is 0 Å². The quantitative estimate of drug-likeness (QED) is 0.721.